The lowest BCUT2D eigenvalue weighted by atomic mass is 10.0. The first-order chi connectivity index (χ1) is 12.3. The maximum Gasteiger partial charge on any atom is 0.0207 e. The molecule has 25 heavy (non-hydrogen) atoms. The van der Waals surface area contributed by atoms with Crippen molar-refractivity contribution in [2.24, 2.45) is 0 Å². The lowest BCUT2D eigenvalue weighted by Crippen LogP contribution is -1.88. The summed E-state index contributed by atoms with van der Waals surface area (Å²) in [4.78, 5) is 0. The Labute approximate surface area is 166 Å². The molecule has 0 bridgehead atoms. The highest BCUT2D eigenvalue weighted by molar-refractivity contribution is 9.10. The van der Waals surface area contributed by atoms with Crippen LogP contribution < -0.4 is 0 Å². The van der Waals surface area contributed by atoms with Crippen molar-refractivity contribution >= 4 is 15.9 Å². The first-order valence-corrected chi connectivity index (χ1v) is 11.9. The number of unbranched alkanes of at least 4 members (excludes halogenated alkanes) is 15. The SMILES string of the molecule is CCCCCCCCCCCCCCCCCCc1ccccc1Br. The molecule has 0 heterocycles. The number of aryl methyl sites for hydroxylation is 1. The third-order valence-electron chi connectivity index (χ3n) is 5.26. The van der Waals surface area contributed by atoms with E-state index in [9.17, 15) is 0 Å². The molecule has 0 N–H and O–H groups in total. The average molecular weight is 409 g/mol. The summed E-state index contributed by atoms with van der Waals surface area (Å²) >= 11 is 3.64. The van der Waals surface area contributed by atoms with Gasteiger partial charge in [0.05, 0.1) is 0 Å². The smallest absolute Gasteiger partial charge is 0.0207 e. The molecule has 0 aromatic heterocycles. The van der Waals surface area contributed by atoms with Crippen molar-refractivity contribution in [1.82, 2.24) is 0 Å². The summed E-state index contributed by atoms with van der Waals surface area (Å²) in [6, 6.07) is 8.64. The Kier molecular flexibility index (Phi) is 15.6. The highest BCUT2D eigenvalue weighted by atomic mass is 79.9. The topological polar surface area (TPSA) is 0 Å². The molecule has 0 unspecified atom stereocenters. The van der Waals surface area contributed by atoms with E-state index in [2.05, 4.69) is 47.1 Å². The minimum atomic E-state index is 1.22. The molecule has 1 rings (SSSR count). The van der Waals surface area contributed by atoms with Gasteiger partial charge in [-0.3, -0.25) is 0 Å². The molecule has 1 aromatic carbocycles. The van der Waals surface area contributed by atoms with Crippen LogP contribution in [0.15, 0.2) is 28.7 Å². The zero-order valence-electron chi connectivity index (χ0n) is 16.7. The van der Waals surface area contributed by atoms with E-state index >= 15 is 0 Å². The van der Waals surface area contributed by atoms with Crippen LogP contribution in [0, 0.1) is 0 Å². The van der Waals surface area contributed by atoms with Gasteiger partial charge in [0, 0.05) is 4.47 Å². The Morgan fingerprint density at radius 3 is 1.40 bits per heavy atom. The maximum absolute atomic E-state index is 3.64. The molecular formula is C24H41Br. The predicted molar refractivity (Wildman–Crippen MR) is 117 cm³/mol. The summed E-state index contributed by atoms with van der Waals surface area (Å²) < 4.78 is 1.27. The van der Waals surface area contributed by atoms with Gasteiger partial charge in [0.15, 0.2) is 0 Å². The van der Waals surface area contributed by atoms with Crippen molar-refractivity contribution < 1.29 is 0 Å². The molecule has 0 spiro atoms. The van der Waals surface area contributed by atoms with Crippen LogP contribution in [0.5, 0.6) is 0 Å². The Balaban J connectivity index is 1.75. The molecule has 1 heteroatoms. The molecule has 0 amide bonds. The third kappa shape index (κ3) is 13.5. The van der Waals surface area contributed by atoms with Crippen LogP contribution in [-0.4, -0.2) is 0 Å². The van der Waals surface area contributed by atoms with E-state index in [0.717, 1.165) is 0 Å². The van der Waals surface area contributed by atoms with Crippen molar-refractivity contribution in [3.63, 3.8) is 0 Å². The maximum atomic E-state index is 3.64. The number of hydrogen-bond donors (Lipinski definition) is 0. The second kappa shape index (κ2) is 17.1. The van der Waals surface area contributed by atoms with Gasteiger partial charge in [-0.1, -0.05) is 137 Å². The van der Waals surface area contributed by atoms with E-state index < -0.39 is 0 Å². The Hall–Kier alpha value is -0.300. The second-order valence-corrected chi connectivity index (χ2v) is 8.50. The van der Waals surface area contributed by atoms with E-state index in [4.69, 9.17) is 0 Å². The van der Waals surface area contributed by atoms with E-state index in [1.807, 2.05) is 0 Å². The fraction of sp³-hybridized carbons (Fsp3) is 0.750. The molecular weight excluding hydrogens is 368 g/mol. The molecule has 0 radical (unpaired) electrons. The summed E-state index contributed by atoms with van der Waals surface area (Å²) in [5, 5.41) is 0. The first-order valence-electron chi connectivity index (χ1n) is 11.1. The first kappa shape index (κ1) is 22.7. The minimum absolute atomic E-state index is 1.22. The van der Waals surface area contributed by atoms with Crippen molar-refractivity contribution in [2.75, 3.05) is 0 Å². The zero-order valence-corrected chi connectivity index (χ0v) is 18.3. The minimum Gasteiger partial charge on any atom is -0.0654 e. The quantitative estimate of drug-likeness (QED) is 0.225. The second-order valence-electron chi connectivity index (χ2n) is 7.64. The fourth-order valence-corrected chi connectivity index (χ4v) is 4.05. The van der Waals surface area contributed by atoms with Crippen LogP contribution in [0.25, 0.3) is 0 Å². The highest BCUT2D eigenvalue weighted by Gasteiger charge is 1.98. The van der Waals surface area contributed by atoms with Crippen molar-refractivity contribution in [1.29, 1.82) is 0 Å². The van der Waals surface area contributed by atoms with E-state index in [1.54, 1.807) is 0 Å². The number of rotatable bonds is 17. The monoisotopic (exact) mass is 408 g/mol. The summed E-state index contributed by atoms with van der Waals surface area (Å²) in [6.45, 7) is 2.30. The molecule has 0 nitrogen and oxygen atoms in total. The molecule has 0 saturated heterocycles. The van der Waals surface area contributed by atoms with Crippen molar-refractivity contribution in [3.8, 4) is 0 Å². The molecule has 144 valence electrons. The van der Waals surface area contributed by atoms with Gasteiger partial charge in [0.25, 0.3) is 0 Å². The highest BCUT2D eigenvalue weighted by Crippen LogP contribution is 2.19. The number of hydrogen-bond acceptors (Lipinski definition) is 0. The van der Waals surface area contributed by atoms with Gasteiger partial charge >= 0.3 is 0 Å². The fourth-order valence-electron chi connectivity index (χ4n) is 3.56. The Morgan fingerprint density at radius 2 is 0.960 bits per heavy atom. The zero-order chi connectivity index (χ0) is 18.0. The van der Waals surface area contributed by atoms with Gasteiger partial charge in [-0.25, -0.2) is 0 Å². The van der Waals surface area contributed by atoms with E-state index in [-0.39, 0.29) is 0 Å². The van der Waals surface area contributed by atoms with Gasteiger partial charge in [-0.2, -0.15) is 0 Å². The molecule has 1 aromatic rings. The summed E-state index contributed by atoms with van der Waals surface area (Å²) in [5.41, 5.74) is 1.47. The van der Waals surface area contributed by atoms with Crippen molar-refractivity contribution in [2.45, 2.75) is 116 Å². The summed E-state index contributed by atoms with van der Waals surface area (Å²) in [5.74, 6) is 0. The van der Waals surface area contributed by atoms with Gasteiger partial charge in [-0.15, -0.1) is 0 Å². The normalized spacial score (nSPS) is 11.1. The van der Waals surface area contributed by atoms with Crippen LogP contribution in [0.2, 0.25) is 0 Å². The third-order valence-corrected chi connectivity index (χ3v) is 6.03. The predicted octanol–water partition coefficient (Wildman–Crippen LogP) is 9.25. The molecule has 0 atom stereocenters. The van der Waals surface area contributed by atoms with Gasteiger partial charge < -0.3 is 0 Å². The summed E-state index contributed by atoms with van der Waals surface area (Å²) in [6.07, 6.45) is 24.3. The molecule has 0 aliphatic heterocycles. The lowest BCUT2D eigenvalue weighted by molar-refractivity contribution is 0.529. The lowest BCUT2D eigenvalue weighted by Gasteiger charge is -2.05. The molecule has 0 aliphatic carbocycles. The van der Waals surface area contributed by atoms with Crippen LogP contribution in [-0.2, 0) is 6.42 Å². The van der Waals surface area contributed by atoms with Gasteiger partial charge in [0.1, 0.15) is 0 Å². The van der Waals surface area contributed by atoms with Crippen molar-refractivity contribution in [3.05, 3.63) is 34.3 Å². The van der Waals surface area contributed by atoms with E-state index in [0.29, 0.717) is 0 Å². The molecule has 0 aliphatic rings. The van der Waals surface area contributed by atoms with Gasteiger partial charge in [0.2, 0.25) is 0 Å². The van der Waals surface area contributed by atoms with Crippen LogP contribution in [0.3, 0.4) is 0 Å². The number of benzene rings is 1. The standard InChI is InChI=1S/C24H41Br/c1-2-3-4-5-6-7-8-9-10-11-12-13-14-15-16-17-20-23-21-18-19-22-24(23)25/h18-19,21-22H,2-17,20H2,1H3. The van der Waals surface area contributed by atoms with Crippen LogP contribution in [0.4, 0.5) is 0 Å². The number of halogens is 1. The Morgan fingerprint density at radius 1 is 0.560 bits per heavy atom. The van der Waals surface area contributed by atoms with Crippen LogP contribution >= 0.6 is 15.9 Å². The Bertz CT molecular complexity index is 399. The molecule has 0 saturated carbocycles. The van der Waals surface area contributed by atoms with Crippen LogP contribution in [0.1, 0.15) is 115 Å². The average Bonchev–Trinajstić information content (AvgIpc) is 2.63. The van der Waals surface area contributed by atoms with E-state index in [1.165, 1.54) is 119 Å². The largest absolute Gasteiger partial charge is 0.0654 e. The summed E-state index contributed by atoms with van der Waals surface area (Å²) in [7, 11) is 0. The van der Waals surface area contributed by atoms with Gasteiger partial charge in [-0.05, 0) is 24.5 Å². The molecule has 0 fully saturated rings.